The van der Waals surface area contributed by atoms with Crippen molar-refractivity contribution in [2.45, 2.75) is 39.2 Å². The van der Waals surface area contributed by atoms with Gasteiger partial charge in [0, 0.05) is 12.1 Å². The first-order valence-corrected chi connectivity index (χ1v) is 15.2. The van der Waals surface area contributed by atoms with Gasteiger partial charge in [-0.15, -0.1) is 0 Å². The fourth-order valence-corrected chi connectivity index (χ4v) is 6.68. The summed E-state index contributed by atoms with van der Waals surface area (Å²) in [6, 6.07) is 22.0. The molecule has 43 heavy (non-hydrogen) atoms. The van der Waals surface area contributed by atoms with Crippen LogP contribution in [0.2, 0.25) is 0 Å². The van der Waals surface area contributed by atoms with Gasteiger partial charge >= 0.3 is 0 Å². The number of ether oxygens (including phenoxy) is 2. The molecule has 0 amide bonds. The first kappa shape index (κ1) is 28.4. The van der Waals surface area contributed by atoms with Crippen LogP contribution in [0.3, 0.4) is 0 Å². The Balaban J connectivity index is 1.51. The Morgan fingerprint density at radius 3 is 2.33 bits per heavy atom. The van der Waals surface area contributed by atoms with Gasteiger partial charge in [-0.2, -0.15) is 0 Å². The molecule has 8 nitrogen and oxygen atoms in total. The van der Waals surface area contributed by atoms with Crippen molar-refractivity contribution in [3.63, 3.8) is 0 Å². The Hall–Kier alpha value is -4.76. The first-order chi connectivity index (χ1) is 20.9. The van der Waals surface area contributed by atoms with Crippen LogP contribution >= 0.6 is 11.3 Å². The second-order valence-electron chi connectivity index (χ2n) is 10.3. The summed E-state index contributed by atoms with van der Waals surface area (Å²) >= 11 is 1.31. The van der Waals surface area contributed by atoms with Crippen LogP contribution in [-0.2, 0) is 0 Å². The smallest absolute Gasteiger partial charge is 0.271 e. The van der Waals surface area contributed by atoms with Crippen molar-refractivity contribution >= 4 is 29.2 Å². The van der Waals surface area contributed by atoms with E-state index in [1.165, 1.54) is 23.5 Å². The quantitative estimate of drug-likeness (QED) is 0.179. The number of benzene rings is 3. The lowest BCUT2D eigenvalue weighted by Crippen LogP contribution is -2.39. The van der Waals surface area contributed by atoms with Crippen molar-refractivity contribution in [3.05, 3.63) is 136 Å². The molecule has 3 aromatic carbocycles. The number of nitro groups is 1. The van der Waals surface area contributed by atoms with Gasteiger partial charge in [-0.3, -0.25) is 19.5 Å². The number of hydrogen-bond donors (Lipinski definition) is 0. The molecule has 1 aromatic heterocycles. The van der Waals surface area contributed by atoms with E-state index in [0.717, 1.165) is 58.7 Å². The zero-order valence-corrected chi connectivity index (χ0v) is 24.8. The highest BCUT2D eigenvalue weighted by atomic mass is 32.1. The first-order valence-electron chi connectivity index (χ1n) is 14.4. The summed E-state index contributed by atoms with van der Waals surface area (Å²) in [6.45, 7) is 5.10. The van der Waals surface area contributed by atoms with Crippen LogP contribution in [0.1, 0.15) is 55.8 Å². The topological polar surface area (TPSA) is 96.0 Å². The largest absolute Gasteiger partial charge is 0.494 e. The molecule has 0 saturated heterocycles. The third kappa shape index (κ3) is 5.81. The van der Waals surface area contributed by atoms with E-state index in [4.69, 9.17) is 14.5 Å². The Labute approximate surface area is 252 Å². The van der Waals surface area contributed by atoms with Gasteiger partial charge in [-0.05, 0) is 97.4 Å². The SMILES string of the molecule is CCOc1ccc(/C=C2\CCCC3=C2N=c2s/c(=C/c4cccc([N+](=O)[O-])c4)c(=O)n2[C@@H]3c2ccc(OCC)cc2)cc1. The van der Waals surface area contributed by atoms with Gasteiger partial charge in [0.2, 0.25) is 0 Å². The molecular formula is C34H31N3O5S. The summed E-state index contributed by atoms with van der Waals surface area (Å²) in [4.78, 5) is 30.6. The molecule has 2 heterocycles. The highest BCUT2D eigenvalue weighted by molar-refractivity contribution is 7.07. The normalized spacial score (nSPS) is 17.3. The number of thiazole rings is 1. The number of non-ortho nitro benzene ring substituents is 1. The van der Waals surface area contributed by atoms with E-state index in [-0.39, 0.29) is 17.3 Å². The average Bonchev–Trinajstić information content (AvgIpc) is 3.32. The molecule has 6 rings (SSSR count). The summed E-state index contributed by atoms with van der Waals surface area (Å²) < 4.78 is 13.6. The Morgan fingerprint density at radius 1 is 0.953 bits per heavy atom. The van der Waals surface area contributed by atoms with Crippen LogP contribution in [0, 0.1) is 10.1 Å². The molecular weight excluding hydrogens is 562 g/mol. The minimum absolute atomic E-state index is 0.0201. The van der Waals surface area contributed by atoms with Crippen molar-refractivity contribution in [2.24, 2.45) is 4.99 Å². The maximum atomic E-state index is 14.0. The average molecular weight is 594 g/mol. The number of fused-ring (bicyclic) bond motifs is 1. The molecule has 4 aromatic rings. The second kappa shape index (κ2) is 12.2. The number of rotatable bonds is 8. The maximum absolute atomic E-state index is 14.0. The third-order valence-corrected chi connectivity index (χ3v) is 8.53. The molecule has 0 radical (unpaired) electrons. The Kier molecular flexibility index (Phi) is 8.07. The zero-order valence-electron chi connectivity index (χ0n) is 24.0. The molecule has 0 N–H and O–H groups in total. The predicted octanol–water partition coefficient (Wildman–Crippen LogP) is 6.19. The molecule has 1 aliphatic heterocycles. The standard InChI is InChI=1S/C34H31N3O5S/c1-3-41-27-15-11-22(12-16-27)19-25-8-6-10-29-31(25)35-34-36(32(29)24-13-17-28(18-14-24)42-4-2)33(38)30(43-34)21-23-7-5-9-26(20-23)37(39)40/h5,7,9,11-21,32H,3-4,6,8,10H2,1-2H3/b25-19+,30-21+/t32-/m1/s1. The molecule has 0 fully saturated rings. The third-order valence-electron chi connectivity index (χ3n) is 7.55. The molecule has 1 aliphatic carbocycles. The van der Waals surface area contributed by atoms with Gasteiger partial charge in [0.05, 0.1) is 34.4 Å². The van der Waals surface area contributed by atoms with E-state index >= 15 is 0 Å². The second-order valence-corrected chi connectivity index (χ2v) is 11.3. The lowest BCUT2D eigenvalue weighted by atomic mass is 9.84. The molecule has 0 unspecified atom stereocenters. The molecule has 218 valence electrons. The number of nitrogens with zero attached hydrogens (tertiary/aromatic N) is 3. The van der Waals surface area contributed by atoms with Gasteiger partial charge in [0.15, 0.2) is 4.80 Å². The summed E-state index contributed by atoms with van der Waals surface area (Å²) in [7, 11) is 0. The number of hydrogen-bond acceptors (Lipinski definition) is 7. The maximum Gasteiger partial charge on any atom is 0.271 e. The predicted molar refractivity (Wildman–Crippen MR) is 168 cm³/mol. The van der Waals surface area contributed by atoms with Crippen LogP contribution in [-0.4, -0.2) is 22.7 Å². The lowest BCUT2D eigenvalue weighted by Gasteiger charge is -2.31. The summed E-state index contributed by atoms with van der Waals surface area (Å²) in [5.74, 6) is 1.61. The molecule has 1 atom stereocenters. The minimum Gasteiger partial charge on any atom is -0.494 e. The number of allylic oxidation sites excluding steroid dienone is 2. The van der Waals surface area contributed by atoms with Crippen molar-refractivity contribution in [3.8, 4) is 11.5 Å². The van der Waals surface area contributed by atoms with Crippen LogP contribution in [0.5, 0.6) is 11.5 Å². The molecule has 2 aliphatic rings. The van der Waals surface area contributed by atoms with E-state index in [0.29, 0.717) is 28.1 Å². The van der Waals surface area contributed by atoms with E-state index < -0.39 is 4.92 Å². The van der Waals surface area contributed by atoms with Gasteiger partial charge in [-0.25, -0.2) is 4.99 Å². The number of aromatic nitrogens is 1. The summed E-state index contributed by atoms with van der Waals surface area (Å²) in [6.07, 6.45) is 6.55. The van der Waals surface area contributed by atoms with Crippen molar-refractivity contribution < 1.29 is 14.4 Å². The molecule has 9 heteroatoms. The van der Waals surface area contributed by atoms with Crippen LogP contribution < -0.4 is 24.4 Å². The highest BCUT2D eigenvalue weighted by Gasteiger charge is 2.32. The van der Waals surface area contributed by atoms with Crippen LogP contribution in [0.4, 0.5) is 5.69 Å². The number of nitro benzene ring substituents is 1. The zero-order chi connectivity index (χ0) is 29.9. The van der Waals surface area contributed by atoms with E-state index in [1.807, 2.05) is 62.4 Å². The van der Waals surface area contributed by atoms with Crippen molar-refractivity contribution in [2.75, 3.05) is 13.2 Å². The summed E-state index contributed by atoms with van der Waals surface area (Å²) in [5, 5.41) is 11.3. The van der Waals surface area contributed by atoms with E-state index in [9.17, 15) is 14.9 Å². The van der Waals surface area contributed by atoms with Gasteiger partial charge < -0.3 is 9.47 Å². The highest BCUT2D eigenvalue weighted by Crippen LogP contribution is 2.41. The van der Waals surface area contributed by atoms with Gasteiger partial charge in [0.1, 0.15) is 11.5 Å². The van der Waals surface area contributed by atoms with Crippen LogP contribution in [0.25, 0.3) is 12.2 Å². The van der Waals surface area contributed by atoms with Gasteiger partial charge in [0.25, 0.3) is 11.2 Å². The van der Waals surface area contributed by atoms with E-state index in [2.05, 4.69) is 6.08 Å². The van der Waals surface area contributed by atoms with Crippen LogP contribution in [0.15, 0.2) is 99.4 Å². The summed E-state index contributed by atoms with van der Waals surface area (Å²) in [5.41, 5.74) is 5.64. The van der Waals surface area contributed by atoms with Crippen molar-refractivity contribution in [1.82, 2.24) is 4.57 Å². The lowest BCUT2D eigenvalue weighted by molar-refractivity contribution is -0.384. The van der Waals surface area contributed by atoms with E-state index in [1.54, 1.807) is 22.8 Å². The minimum atomic E-state index is -0.433. The Morgan fingerprint density at radius 2 is 1.65 bits per heavy atom. The Bertz CT molecular complexity index is 1920. The molecule has 0 saturated carbocycles. The molecule has 0 spiro atoms. The van der Waals surface area contributed by atoms with Crippen molar-refractivity contribution in [1.29, 1.82) is 0 Å². The monoisotopic (exact) mass is 593 g/mol. The fourth-order valence-electron chi connectivity index (χ4n) is 5.68. The molecule has 0 bridgehead atoms. The van der Waals surface area contributed by atoms with Gasteiger partial charge in [-0.1, -0.05) is 47.7 Å². The fraction of sp³-hybridized carbons (Fsp3) is 0.235.